The molecule has 0 N–H and O–H groups in total. The van der Waals surface area contributed by atoms with Crippen molar-refractivity contribution in [2.24, 2.45) is 0 Å². The second-order valence-corrected chi connectivity index (χ2v) is 4.27. The van der Waals surface area contributed by atoms with Crippen LogP contribution in [0.2, 0.25) is 0 Å². The molecule has 88 valence electrons. The number of nitrogens with zero attached hydrogens (tertiary/aromatic N) is 1. The summed E-state index contributed by atoms with van der Waals surface area (Å²) in [6.07, 6.45) is 1.57. The maximum absolute atomic E-state index is 13.9. The highest BCUT2D eigenvalue weighted by molar-refractivity contribution is 5.37. The van der Waals surface area contributed by atoms with Crippen LogP contribution in [0, 0.1) is 5.82 Å². The van der Waals surface area contributed by atoms with Crippen LogP contribution in [0.3, 0.4) is 0 Å². The van der Waals surface area contributed by atoms with Gasteiger partial charge in [0.1, 0.15) is 5.82 Å². The molecular formula is C14H14FNO. The Morgan fingerprint density at radius 3 is 2.53 bits per heavy atom. The summed E-state index contributed by atoms with van der Waals surface area (Å²) >= 11 is 0. The lowest BCUT2D eigenvalue weighted by molar-refractivity contribution is 0.612. The highest BCUT2D eigenvalue weighted by atomic mass is 19.1. The number of halogens is 1. The molecule has 2 rings (SSSR count). The van der Waals surface area contributed by atoms with Crippen LogP contribution in [0.5, 0.6) is 0 Å². The van der Waals surface area contributed by atoms with E-state index in [1.54, 1.807) is 24.4 Å². The first-order valence-corrected chi connectivity index (χ1v) is 5.57. The van der Waals surface area contributed by atoms with Crippen molar-refractivity contribution in [2.45, 2.75) is 19.8 Å². The van der Waals surface area contributed by atoms with Crippen molar-refractivity contribution < 1.29 is 4.39 Å². The number of pyridine rings is 1. The van der Waals surface area contributed by atoms with Gasteiger partial charge in [-0.05, 0) is 29.7 Å². The van der Waals surface area contributed by atoms with E-state index in [2.05, 4.69) is 0 Å². The summed E-state index contributed by atoms with van der Waals surface area (Å²) in [5, 5.41) is 0. The van der Waals surface area contributed by atoms with Gasteiger partial charge in [0.2, 0.25) is 0 Å². The Labute approximate surface area is 99.3 Å². The lowest BCUT2D eigenvalue weighted by atomic mass is 10.0. The molecule has 0 fully saturated rings. The molecule has 1 aromatic heterocycles. The molecule has 0 aliphatic carbocycles. The predicted molar refractivity (Wildman–Crippen MR) is 66.1 cm³/mol. The summed E-state index contributed by atoms with van der Waals surface area (Å²) in [4.78, 5) is 11.6. The van der Waals surface area contributed by atoms with Crippen LogP contribution in [0.1, 0.15) is 25.3 Å². The fourth-order valence-electron chi connectivity index (χ4n) is 1.70. The van der Waals surface area contributed by atoms with E-state index in [-0.39, 0.29) is 17.3 Å². The Hall–Kier alpha value is -1.90. The molecule has 2 aromatic rings. The first-order valence-electron chi connectivity index (χ1n) is 5.57. The Kier molecular flexibility index (Phi) is 3.09. The lowest BCUT2D eigenvalue weighted by Crippen LogP contribution is -2.16. The largest absolute Gasteiger partial charge is 0.281 e. The molecule has 0 saturated carbocycles. The lowest BCUT2D eigenvalue weighted by Gasteiger charge is -2.10. The van der Waals surface area contributed by atoms with Crippen molar-refractivity contribution in [3.8, 4) is 5.69 Å². The summed E-state index contributed by atoms with van der Waals surface area (Å²) in [6, 6.07) is 9.74. The molecule has 3 heteroatoms. The molecule has 0 unspecified atom stereocenters. The van der Waals surface area contributed by atoms with Gasteiger partial charge in [0, 0.05) is 12.3 Å². The fraction of sp³-hybridized carbons (Fsp3) is 0.214. The van der Waals surface area contributed by atoms with Crippen LogP contribution in [0.4, 0.5) is 4.39 Å². The first kappa shape index (κ1) is 11.6. The van der Waals surface area contributed by atoms with Crippen LogP contribution in [-0.2, 0) is 0 Å². The molecule has 0 spiro atoms. The summed E-state index contributed by atoms with van der Waals surface area (Å²) in [6.45, 7) is 4.01. The van der Waals surface area contributed by atoms with Gasteiger partial charge in [0.05, 0.1) is 5.69 Å². The van der Waals surface area contributed by atoms with Crippen LogP contribution >= 0.6 is 0 Å². The number of rotatable bonds is 2. The number of benzene rings is 1. The fourth-order valence-corrected chi connectivity index (χ4v) is 1.70. The number of hydrogen-bond acceptors (Lipinski definition) is 1. The maximum atomic E-state index is 13.9. The Balaban J connectivity index is 2.55. The first-order chi connectivity index (χ1) is 8.09. The minimum atomic E-state index is -0.371. The van der Waals surface area contributed by atoms with Gasteiger partial charge < -0.3 is 0 Å². The Morgan fingerprint density at radius 2 is 1.94 bits per heavy atom. The van der Waals surface area contributed by atoms with Crippen LogP contribution in [0.25, 0.3) is 5.69 Å². The van der Waals surface area contributed by atoms with Crippen LogP contribution in [-0.4, -0.2) is 4.57 Å². The van der Waals surface area contributed by atoms with Gasteiger partial charge in [-0.1, -0.05) is 26.0 Å². The zero-order valence-electron chi connectivity index (χ0n) is 9.85. The molecule has 0 amide bonds. The van der Waals surface area contributed by atoms with E-state index in [0.29, 0.717) is 5.69 Å². The maximum Gasteiger partial charge on any atom is 0.255 e. The standard InChI is InChI=1S/C14H14FNO/c1-10(2)11-6-7-13(12(15)9-11)16-8-4-3-5-14(16)17/h3-10H,1-2H3. The Bertz CT molecular complexity index is 587. The molecule has 17 heavy (non-hydrogen) atoms. The van der Waals surface area contributed by atoms with Gasteiger partial charge in [-0.15, -0.1) is 0 Å². The van der Waals surface area contributed by atoms with Crippen molar-refractivity contribution in [1.82, 2.24) is 4.57 Å². The van der Waals surface area contributed by atoms with Crippen molar-refractivity contribution in [3.63, 3.8) is 0 Å². The van der Waals surface area contributed by atoms with E-state index in [1.807, 2.05) is 19.9 Å². The van der Waals surface area contributed by atoms with E-state index in [9.17, 15) is 9.18 Å². The zero-order chi connectivity index (χ0) is 12.4. The van der Waals surface area contributed by atoms with Crippen molar-refractivity contribution in [3.05, 3.63) is 64.3 Å². The summed E-state index contributed by atoms with van der Waals surface area (Å²) < 4.78 is 15.2. The summed E-state index contributed by atoms with van der Waals surface area (Å²) in [5.74, 6) is -0.101. The average molecular weight is 231 g/mol. The normalized spacial score (nSPS) is 10.8. The number of hydrogen-bond donors (Lipinski definition) is 0. The van der Waals surface area contributed by atoms with Gasteiger partial charge >= 0.3 is 0 Å². The minimum Gasteiger partial charge on any atom is -0.281 e. The third-order valence-corrected chi connectivity index (χ3v) is 2.72. The minimum absolute atomic E-state index is 0.233. The highest BCUT2D eigenvalue weighted by Gasteiger charge is 2.08. The predicted octanol–water partition coefficient (Wildman–Crippen LogP) is 3.10. The molecule has 0 atom stereocenters. The van der Waals surface area contributed by atoms with Crippen molar-refractivity contribution >= 4 is 0 Å². The summed E-state index contributed by atoms with van der Waals surface area (Å²) in [5.41, 5.74) is 0.985. The third-order valence-electron chi connectivity index (χ3n) is 2.72. The van der Waals surface area contributed by atoms with Crippen LogP contribution < -0.4 is 5.56 Å². The molecule has 0 radical (unpaired) electrons. The molecule has 2 nitrogen and oxygen atoms in total. The molecule has 0 aliphatic rings. The highest BCUT2D eigenvalue weighted by Crippen LogP contribution is 2.19. The van der Waals surface area contributed by atoms with Gasteiger partial charge in [-0.25, -0.2) is 4.39 Å². The molecular weight excluding hydrogens is 217 g/mol. The second-order valence-electron chi connectivity index (χ2n) is 4.27. The van der Waals surface area contributed by atoms with Crippen LogP contribution in [0.15, 0.2) is 47.4 Å². The van der Waals surface area contributed by atoms with E-state index in [1.165, 1.54) is 16.7 Å². The van der Waals surface area contributed by atoms with Gasteiger partial charge in [-0.2, -0.15) is 0 Å². The number of aromatic nitrogens is 1. The van der Waals surface area contributed by atoms with E-state index < -0.39 is 0 Å². The Morgan fingerprint density at radius 1 is 1.18 bits per heavy atom. The topological polar surface area (TPSA) is 22.0 Å². The molecule has 0 bridgehead atoms. The van der Waals surface area contributed by atoms with E-state index in [4.69, 9.17) is 0 Å². The second kappa shape index (κ2) is 4.53. The van der Waals surface area contributed by atoms with Crippen molar-refractivity contribution in [1.29, 1.82) is 0 Å². The quantitative estimate of drug-likeness (QED) is 0.778. The average Bonchev–Trinajstić information content (AvgIpc) is 2.30. The van der Waals surface area contributed by atoms with Gasteiger partial charge in [-0.3, -0.25) is 9.36 Å². The van der Waals surface area contributed by atoms with E-state index >= 15 is 0 Å². The van der Waals surface area contributed by atoms with Crippen molar-refractivity contribution in [2.75, 3.05) is 0 Å². The van der Waals surface area contributed by atoms with E-state index in [0.717, 1.165) is 5.56 Å². The third kappa shape index (κ3) is 2.28. The van der Waals surface area contributed by atoms with Gasteiger partial charge in [0.15, 0.2) is 0 Å². The molecule has 1 heterocycles. The smallest absolute Gasteiger partial charge is 0.255 e. The molecule has 0 aliphatic heterocycles. The zero-order valence-corrected chi connectivity index (χ0v) is 9.85. The SMILES string of the molecule is CC(C)c1ccc(-n2ccccc2=O)c(F)c1. The summed E-state index contributed by atoms with van der Waals surface area (Å²) in [7, 11) is 0. The molecule has 0 saturated heterocycles. The van der Waals surface area contributed by atoms with Gasteiger partial charge in [0.25, 0.3) is 5.56 Å². The molecule has 1 aromatic carbocycles. The monoisotopic (exact) mass is 231 g/mol.